The van der Waals surface area contributed by atoms with Crippen molar-refractivity contribution in [2.45, 2.75) is 12.8 Å². The molecule has 148 valence electrons. The number of halogens is 1. The summed E-state index contributed by atoms with van der Waals surface area (Å²) in [6.07, 6.45) is 1.00. The number of benzene rings is 2. The van der Waals surface area contributed by atoms with Crippen molar-refractivity contribution in [2.75, 3.05) is 11.9 Å². The molecule has 0 radical (unpaired) electrons. The number of aromatic hydroxyl groups is 1. The van der Waals surface area contributed by atoms with Gasteiger partial charge in [0.05, 0.1) is 5.52 Å². The van der Waals surface area contributed by atoms with E-state index in [-0.39, 0.29) is 24.1 Å². The van der Waals surface area contributed by atoms with Crippen molar-refractivity contribution in [3.05, 3.63) is 47.8 Å². The predicted molar refractivity (Wildman–Crippen MR) is 103 cm³/mol. The van der Waals surface area contributed by atoms with Gasteiger partial charge in [-0.3, -0.25) is 9.59 Å². The van der Waals surface area contributed by atoms with Crippen molar-refractivity contribution < 1.29 is 23.8 Å². The number of carbonyl (C=O) groups is 2. The second-order valence-electron chi connectivity index (χ2n) is 6.64. The molecule has 2 N–H and O–H groups in total. The van der Waals surface area contributed by atoms with Gasteiger partial charge in [0.2, 0.25) is 11.8 Å². The third-order valence-electron chi connectivity index (χ3n) is 4.70. The Kier molecular flexibility index (Phi) is 4.71. The van der Waals surface area contributed by atoms with E-state index in [2.05, 4.69) is 15.5 Å². The Labute approximate surface area is 164 Å². The summed E-state index contributed by atoms with van der Waals surface area (Å²) in [6.45, 7) is -0.353. The number of carbonyl (C=O) groups excluding carboxylic acids is 2. The summed E-state index contributed by atoms with van der Waals surface area (Å²) in [6, 6.07) is 9.12. The van der Waals surface area contributed by atoms with Gasteiger partial charge in [0.15, 0.2) is 12.3 Å². The van der Waals surface area contributed by atoms with Gasteiger partial charge in [0.25, 0.3) is 0 Å². The van der Waals surface area contributed by atoms with Crippen molar-refractivity contribution in [1.29, 1.82) is 0 Å². The molecule has 0 atom stereocenters. The number of hydrogen-bond acceptors (Lipinski definition) is 5. The van der Waals surface area contributed by atoms with Crippen LogP contribution >= 0.6 is 0 Å². The molecule has 1 aliphatic heterocycles. The van der Waals surface area contributed by atoms with Crippen molar-refractivity contribution >= 4 is 34.1 Å². The third-order valence-corrected chi connectivity index (χ3v) is 4.70. The number of amides is 2. The Bertz CT molecular complexity index is 1170. The summed E-state index contributed by atoms with van der Waals surface area (Å²) in [5.74, 6) is -0.932. The summed E-state index contributed by atoms with van der Waals surface area (Å²) < 4.78 is 20.4. The molecule has 8 nitrogen and oxygen atoms in total. The number of hydrogen-bond donors (Lipinski definition) is 2. The van der Waals surface area contributed by atoms with E-state index in [4.69, 9.17) is 4.74 Å². The number of rotatable bonds is 4. The van der Waals surface area contributed by atoms with Gasteiger partial charge in [0.1, 0.15) is 11.6 Å². The lowest BCUT2D eigenvalue weighted by atomic mass is 10.0. The minimum atomic E-state index is -0.663. The van der Waals surface area contributed by atoms with E-state index in [1.807, 2.05) is 0 Å². The number of azo groups is 1. The molecule has 9 heteroatoms. The van der Waals surface area contributed by atoms with E-state index in [9.17, 15) is 19.1 Å². The van der Waals surface area contributed by atoms with E-state index in [0.29, 0.717) is 29.5 Å². The van der Waals surface area contributed by atoms with Crippen molar-refractivity contribution in [1.82, 2.24) is 4.57 Å². The standard InChI is InChI=1S/C20H17FN4O4/c1-25-16-6-3-12(21)9-14(16)19(20(25)28)24-23-18(27)10-29-13-4-5-15-11(8-13)2-7-17(26)22-15/h3-6,8-9,28H,2,7,10H2,1H3,(H,22,26). The first-order chi connectivity index (χ1) is 13.9. The monoisotopic (exact) mass is 396 g/mol. The van der Waals surface area contributed by atoms with E-state index in [1.165, 1.54) is 22.8 Å². The zero-order valence-electron chi connectivity index (χ0n) is 15.5. The number of aryl methyl sites for hydroxylation is 2. The molecular formula is C20H17FN4O4. The molecule has 2 amide bonds. The fourth-order valence-corrected chi connectivity index (χ4v) is 3.21. The highest BCUT2D eigenvalue weighted by atomic mass is 19.1. The molecule has 1 aromatic heterocycles. The van der Waals surface area contributed by atoms with Crippen LogP contribution in [0.2, 0.25) is 0 Å². The molecule has 3 aromatic rings. The van der Waals surface area contributed by atoms with Gasteiger partial charge in [-0.2, -0.15) is 0 Å². The SMILES string of the molecule is Cn1c(O)c(N=NC(=O)COc2ccc3c(c2)CCC(=O)N3)c2cc(F)ccc21. The van der Waals surface area contributed by atoms with Crippen LogP contribution in [-0.4, -0.2) is 28.1 Å². The number of ether oxygens (including phenoxy) is 1. The highest BCUT2D eigenvalue weighted by molar-refractivity contribution is 5.95. The molecular weight excluding hydrogens is 379 g/mol. The zero-order chi connectivity index (χ0) is 20.5. The van der Waals surface area contributed by atoms with Gasteiger partial charge in [-0.25, -0.2) is 4.39 Å². The molecule has 0 fully saturated rings. The number of nitrogens with zero attached hydrogens (tertiary/aromatic N) is 3. The van der Waals surface area contributed by atoms with Crippen LogP contribution in [0.5, 0.6) is 11.6 Å². The molecule has 2 heterocycles. The first-order valence-electron chi connectivity index (χ1n) is 8.89. The van der Waals surface area contributed by atoms with Crippen molar-refractivity contribution in [3.63, 3.8) is 0 Å². The molecule has 0 saturated heterocycles. The van der Waals surface area contributed by atoms with Crippen LogP contribution in [0.3, 0.4) is 0 Å². The lowest BCUT2D eigenvalue weighted by molar-refractivity contribution is -0.120. The van der Waals surface area contributed by atoms with E-state index in [1.54, 1.807) is 25.2 Å². The van der Waals surface area contributed by atoms with Crippen molar-refractivity contribution in [3.8, 4) is 11.6 Å². The maximum absolute atomic E-state index is 13.5. The second kappa shape index (κ2) is 7.34. The average Bonchev–Trinajstić information content (AvgIpc) is 2.94. The smallest absolute Gasteiger partial charge is 0.302 e. The van der Waals surface area contributed by atoms with Crippen LogP contribution in [0.25, 0.3) is 10.9 Å². The minimum Gasteiger partial charge on any atom is -0.493 e. The largest absolute Gasteiger partial charge is 0.493 e. The van der Waals surface area contributed by atoms with Gasteiger partial charge in [-0.1, -0.05) is 0 Å². The summed E-state index contributed by atoms with van der Waals surface area (Å²) in [5.41, 5.74) is 2.24. The number of nitrogens with one attached hydrogen (secondary N) is 1. The molecule has 0 bridgehead atoms. The van der Waals surface area contributed by atoms with Gasteiger partial charge in [0, 0.05) is 24.5 Å². The minimum absolute atomic E-state index is 0.0138. The third kappa shape index (κ3) is 3.66. The molecule has 2 aromatic carbocycles. The molecule has 29 heavy (non-hydrogen) atoms. The maximum atomic E-state index is 13.5. The Morgan fingerprint density at radius 3 is 2.93 bits per heavy atom. The van der Waals surface area contributed by atoms with Gasteiger partial charge >= 0.3 is 5.91 Å². The lowest BCUT2D eigenvalue weighted by Gasteiger charge is -2.17. The van der Waals surface area contributed by atoms with Crippen LogP contribution in [0.4, 0.5) is 15.8 Å². The number of aromatic nitrogens is 1. The maximum Gasteiger partial charge on any atom is 0.302 e. The Morgan fingerprint density at radius 2 is 2.10 bits per heavy atom. The van der Waals surface area contributed by atoms with Crippen LogP contribution in [-0.2, 0) is 23.1 Å². The summed E-state index contributed by atoms with van der Waals surface area (Å²) in [7, 11) is 1.60. The lowest BCUT2D eigenvalue weighted by Crippen LogP contribution is -2.19. The summed E-state index contributed by atoms with van der Waals surface area (Å²) in [4.78, 5) is 23.4. The fourth-order valence-electron chi connectivity index (χ4n) is 3.21. The first kappa shape index (κ1) is 18.6. The van der Waals surface area contributed by atoms with E-state index < -0.39 is 11.7 Å². The van der Waals surface area contributed by atoms with E-state index in [0.717, 1.165) is 11.3 Å². The fraction of sp³-hybridized carbons (Fsp3) is 0.200. The van der Waals surface area contributed by atoms with E-state index >= 15 is 0 Å². The van der Waals surface area contributed by atoms with Crippen LogP contribution in [0, 0.1) is 5.82 Å². The average molecular weight is 396 g/mol. The normalized spacial score (nSPS) is 13.5. The van der Waals surface area contributed by atoms with Gasteiger partial charge in [-0.15, -0.1) is 10.2 Å². The van der Waals surface area contributed by atoms with Crippen LogP contribution in [0.15, 0.2) is 46.6 Å². The summed E-state index contributed by atoms with van der Waals surface area (Å²) >= 11 is 0. The molecule has 4 rings (SSSR count). The van der Waals surface area contributed by atoms with Crippen LogP contribution < -0.4 is 10.1 Å². The quantitative estimate of drug-likeness (QED) is 0.657. The van der Waals surface area contributed by atoms with Gasteiger partial charge < -0.3 is 19.7 Å². The zero-order valence-corrected chi connectivity index (χ0v) is 15.5. The number of fused-ring (bicyclic) bond motifs is 2. The van der Waals surface area contributed by atoms with Crippen molar-refractivity contribution in [2.24, 2.45) is 17.3 Å². The van der Waals surface area contributed by atoms with Crippen LogP contribution in [0.1, 0.15) is 12.0 Å². The highest BCUT2D eigenvalue weighted by Crippen LogP contribution is 2.38. The Morgan fingerprint density at radius 1 is 1.28 bits per heavy atom. The Hall–Kier alpha value is -3.75. The molecule has 0 aliphatic carbocycles. The van der Waals surface area contributed by atoms with Gasteiger partial charge in [-0.05, 0) is 48.4 Å². The summed E-state index contributed by atoms with van der Waals surface area (Å²) in [5, 5.41) is 20.7. The Balaban J connectivity index is 1.46. The topological polar surface area (TPSA) is 105 Å². The second-order valence-corrected chi connectivity index (χ2v) is 6.64. The molecule has 0 unspecified atom stereocenters. The predicted octanol–water partition coefficient (Wildman–Crippen LogP) is 3.60. The highest BCUT2D eigenvalue weighted by Gasteiger charge is 2.17. The molecule has 0 spiro atoms. The first-order valence-corrected chi connectivity index (χ1v) is 8.89. The number of anilines is 1. The molecule has 0 saturated carbocycles. The molecule has 1 aliphatic rings.